The molecule has 2 aliphatic carbocycles. The van der Waals surface area contributed by atoms with E-state index in [0.29, 0.717) is 22.9 Å². The van der Waals surface area contributed by atoms with Gasteiger partial charge in [-0.1, -0.05) is 125 Å². The van der Waals surface area contributed by atoms with Crippen LogP contribution in [0.1, 0.15) is 61.0 Å². The zero-order chi connectivity index (χ0) is 30.5. The van der Waals surface area contributed by atoms with Crippen LogP contribution >= 0.6 is 0 Å². The van der Waals surface area contributed by atoms with E-state index in [1.807, 2.05) is 0 Å². The van der Waals surface area contributed by atoms with Gasteiger partial charge in [0.15, 0.2) is 0 Å². The fourth-order valence-corrected chi connectivity index (χ4v) is 12.7. The molecule has 2 nitrogen and oxygen atoms in total. The van der Waals surface area contributed by atoms with Crippen LogP contribution in [0.15, 0.2) is 96.1 Å². The summed E-state index contributed by atoms with van der Waals surface area (Å²) in [5.74, 6) is 2.74. The van der Waals surface area contributed by atoms with E-state index in [4.69, 9.17) is 9.47 Å². The Balaban J connectivity index is 1.49. The molecule has 4 aromatic carbocycles. The first kappa shape index (κ1) is 29.3. The molecule has 220 valence electrons. The van der Waals surface area contributed by atoms with E-state index in [1.54, 1.807) is 25.4 Å². The number of hydrogen-bond acceptors (Lipinski definition) is 2. The Morgan fingerprint density at radius 2 is 0.907 bits per heavy atom. The van der Waals surface area contributed by atoms with Gasteiger partial charge in [-0.3, -0.25) is 0 Å². The Hall–Kier alpha value is -3.82. The molecular weight excluding hydrogens is 541 g/mol. The minimum absolute atomic E-state index is 0.448. The van der Waals surface area contributed by atoms with Crippen LogP contribution in [0.4, 0.5) is 0 Å². The molecule has 0 amide bonds. The van der Waals surface area contributed by atoms with E-state index in [0.717, 1.165) is 11.5 Å². The largest absolute Gasteiger partial charge is 0.497 e. The predicted molar refractivity (Wildman–Crippen MR) is 185 cm³/mol. The lowest BCUT2D eigenvalue weighted by Gasteiger charge is -2.41. The zero-order valence-corrected chi connectivity index (χ0v) is 27.9. The fraction of sp³-hybridized carbons (Fsp3) is 0.300. The third-order valence-corrected chi connectivity index (χ3v) is 14.1. The van der Waals surface area contributed by atoms with E-state index < -0.39 is 8.07 Å². The van der Waals surface area contributed by atoms with Crippen LogP contribution in [0.3, 0.4) is 0 Å². The van der Waals surface area contributed by atoms with Crippen molar-refractivity contribution in [3.8, 4) is 33.8 Å². The summed E-state index contributed by atoms with van der Waals surface area (Å²) in [5.41, 5.74) is 15.0. The number of fused-ring (bicyclic) bond motifs is 2. The molecule has 43 heavy (non-hydrogen) atoms. The molecule has 0 saturated carbocycles. The molecule has 3 heteroatoms. The van der Waals surface area contributed by atoms with Crippen molar-refractivity contribution < 1.29 is 9.47 Å². The molecule has 0 aromatic heterocycles. The maximum absolute atomic E-state index is 5.45. The Morgan fingerprint density at radius 1 is 0.535 bits per heavy atom. The summed E-state index contributed by atoms with van der Waals surface area (Å²) >= 11 is 0. The van der Waals surface area contributed by atoms with E-state index >= 15 is 0 Å². The molecule has 0 spiro atoms. The summed E-state index contributed by atoms with van der Waals surface area (Å²) in [6.45, 7) is 14.8. The number of rotatable bonds is 8. The van der Waals surface area contributed by atoms with Crippen LogP contribution in [0, 0.1) is 11.8 Å². The molecule has 2 aliphatic rings. The smallest absolute Gasteiger partial charge is 0.118 e. The van der Waals surface area contributed by atoms with Gasteiger partial charge in [0.25, 0.3) is 0 Å². The summed E-state index contributed by atoms with van der Waals surface area (Å²) in [7, 11) is 1.41. The molecule has 2 atom stereocenters. The highest BCUT2D eigenvalue weighted by molar-refractivity contribution is 6.81. The van der Waals surface area contributed by atoms with Gasteiger partial charge >= 0.3 is 0 Å². The molecule has 4 aromatic rings. The van der Waals surface area contributed by atoms with Crippen molar-refractivity contribution >= 4 is 20.2 Å². The number of benzene rings is 4. The molecule has 0 aliphatic heterocycles. The first-order chi connectivity index (χ1) is 20.6. The minimum atomic E-state index is -2.05. The van der Waals surface area contributed by atoms with Crippen LogP contribution in [-0.2, 0) is 0 Å². The fourth-order valence-electron chi connectivity index (χ4n) is 7.72. The minimum Gasteiger partial charge on any atom is -0.497 e. The van der Waals surface area contributed by atoms with Crippen molar-refractivity contribution in [3.05, 3.63) is 118 Å². The van der Waals surface area contributed by atoms with E-state index in [1.165, 1.54) is 44.5 Å². The Morgan fingerprint density at radius 3 is 1.23 bits per heavy atom. The Bertz CT molecular complexity index is 1580. The van der Waals surface area contributed by atoms with Crippen molar-refractivity contribution in [2.24, 2.45) is 11.8 Å². The molecule has 6 rings (SSSR count). The number of hydrogen-bond donors (Lipinski definition) is 0. The lowest BCUT2D eigenvalue weighted by molar-refractivity contribution is 0.415. The molecule has 0 bridgehead atoms. The highest BCUT2D eigenvalue weighted by Gasteiger charge is 2.49. The van der Waals surface area contributed by atoms with Gasteiger partial charge in [0.05, 0.1) is 22.3 Å². The van der Waals surface area contributed by atoms with Gasteiger partial charge < -0.3 is 9.47 Å². The third-order valence-electron chi connectivity index (χ3n) is 9.81. The van der Waals surface area contributed by atoms with Crippen molar-refractivity contribution in [1.82, 2.24) is 0 Å². The van der Waals surface area contributed by atoms with Crippen molar-refractivity contribution in [2.45, 2.75) is 51.9 Å². The average Bonchev–Trinajstić information content (AvgIpc) is 3.62. The summed E-state index contributed by atoms with van der Waals surface area (Å²) in [6, 6.07) is 31.0. The summed E-state index contributed by atoms with van der Waals surface area (Å²) < 4.78 is 10.9. The quantitative estimate of drug-likeness (QED) is 0.192. The van der Waals surface area contributed by atoms with Gasteiger partial charge in [0, 0.05) is 11.1 Å². The van der Waals surface area contributed by atoms with Crippen LogP contribution in [0.5, 0.6) is 11.5 Å². The molecule has 0 heterocycles. The highest BCUT2D eigenvalue weighted by atomic mass is 28.3. The standard InChI is InChI=1S/C40H44O2Si/c1-25(2)35-23-37-31(27-15-19-29(41-5)20-16-27)11-9-13-33(37)39(35)43(7,8)40-34-14-10-12-32(38(34)24-36(40)26(3)4)28-17-21-30(42-6)22-18-28/h9-26,39-40H,1-8H3. The van der Waals surface area contributed by atoms with Gasteiger partial charge in [-0.25, -0.2) is 0 Å². The van der Waals surface area contributed by atoms with Gasteiger partial charge in [-0.2, -0.15) is 0 Å². The van der Waals surface area contributed by atoms with E-state index in [9.17, 15) is 0 Å². The van der Waals surface area contributed by atoms with E-state index in [-0.39, 0.29) is 0 Å². The molecule has 0 N–H and O–H groups in total. The molecule has 0 radical (unpaired) electrons. The normalized spacial score (nSPS) is 17.5. The highest BCUT2D eigenvalue weighted by Crippen LogP contribution is 2.56. The monoisotopic (exact) mass is 584 g/mol. The van der Waals surface area contributed by atoms with Gasteiger partial charge in [-0.05, 0) is 80.6 Å². The first-order valence-electron chi connectivity index (χ1n) is 15.6. The van der Waals surface area contributed by atoms with Crippen LogP contribution in [-0.4, -0.2) is 22.3 Å². The van der Waals surface area contributed by atoms with Gasteiger partial charge in [0.1, 0.15) is 11.5 Å². The van der Waals surface area contributed by atoms with Crippen molar-refractivity contribution in [2.75, 3.05) is 14.2 Å². The zero-order valence-electron chi connectivity index (χ0n) is 26.9. The van der Waals surface area contributed by atoms with Crippen LogP contribution in [0.2, 0.25) is 13.1 Å². The summed E-state index contributed by atoms with van der Waals surface area (Å²) in [5, 5.41) is 0. The third kappa shape index (κ3) is 4.98. The van der Waals surface area contributed by atoms with Crippen LogP contribution < -0.4 is 9.47 Å². The predicted octanol–water partition coefficient (Wildman–Crippen LogP) is 10.8. The van der Waals surface area contributed by atoms with Crippen molar-refractivity contribution in [3.63, 3.8) is 0 Å². The first-order valence-corrected chi connectivity index (χ1v) is 18.8. The summed E-state index contributed by atoms with van der Waals surface area (Å²) in [6.07, 6.45) is 5.09. The summed E-state index contributed by atoms with van der Waals surface area (Å²) in [4.78, 5) is 0. The lowest BCUT2D eigenvalue weighted by atomic mass is 9.96. The second-order valence-electron chi connectivity index (χ2n) is 13.4. The van der Waals surface area contributed by atoms with Crippen molar-refractivity contribution in [1.29, 1.82) is 0 Å². The molecule has 2 unspecified atom stereocenters. The lowest BCUT2D eigenvalue weighted by Crippen LogP contribution is -2.44. The molecular formula is C40H44O2Si. The number of ether oxygens (including phenoxy) is 2. The SMILES string of the molecule is COc1ccc(-c2cccc3c2C=C(C(C)C)C3[Si](C)(C)C2C(C(C)C)=Cc3c(-c4ccc(OC)cc4)cccc32)cc1. The van der Waals surface area contributed by atoms with Gasteiger partial charge in [-0.15, -0.1) is 0 Å². The van der Waals surface area contributed by atoms with Gasteiger partial charge in [0.2, 0.25) is 0 Å². The second kappa shape index (κ2) is 11.4. The second-order valence-corrected chi connectivity index (χ2v) is 18.2. The maximum Gasteiger partial charge on any atom is 0.118 e. The molecule has 0 saturated heterocycles. The Labute approximate surface area is 259 Å². The maximum atomic E-state index is 5.45. The Kier molecular flexibility index (Phi) is 7.72. The number of allylic oxidation sites excluding steroid dienone is 2. The molecule has 0 fully saturated rings. The van der Waals surface area contributed by atoms with E-state index in [2.05, 4.69) is 138 Å². The van der Waals surface area contributed by atoms with Crippen LogP contribution in [0.25, 0.3) is 34.4 Å². The average molecular weight is 585 g/mol. The topological polar surface area (TPSA) is 18.5 Å². The number of methoxy groups -OCH3 is 2.